The Labute approximate surface area is 120 Å². The Bertz CT molecular complexity index is 575. The van der Waals surface area contributed by atoms with Crippen LogP contribution in [0, 0.1) is 20.8 Å². The fourth-order valence-electron chi connectivity index (χ4n) is 2.53. The maximum Gasteiger partial charge on any atom is 0.146 e. The first-order chi connectivity index (χ1) is 9.53. The molecule has 2 aromatic rings. The van der Waals surface area contributed by atoms with Crippen LogP contribution < -0.4 is 11.3 Å². The van der Waals surface area contributed by atoms with Gasteiger partial charge in [0.05, 0.1) is 0 Å². The summed E-state index contributed by atoms with van der Waals surface area (Å²) in [6, 6.07) is 6.53. The zero-order valence-corrected chi connectivity index (χ0v) is 12.6. The van der Waals surface area contributed by atoms with Gasteiger partial charge in [0.25, 0.3) is 0 Å². The van der Waals surface area contributed by atoms with Gasteiger partial charge in [0.2, 0.25) is 0 Å². The van der Waals surface area contributed by atoms with E-state index in [0.717, 1.165) is 35.7 Å². The van der Waals surface area contributed by atoms with Crippen molar-refractivity contribution in [1.29, 1.82) is 0 Å². The first-order valence-electron chi connectivity index (χ1n) is 6.93. The molecule has 0 saturated heterocycles. The normalized spacial score (nSPS) is 10.7. The van der Waals surface area contributed by atoms with Crippen molar-refractivity contribution >= 4 is 5.82 Å². The SMILES string of the molecule is CCc1nc(Cc2cc(C)cc(C)c2)nc(NN)c1C. The van der Waals surface area contributed by atoms with Crippen LogP contribution in [0.25, 0.3) is 0 Å². The van der Waals surface area contributed by atoms with Crippen LogP contribution in [0.15, 0.2) is 18.2 Å². The minimum Gasteiger partial charge on any atom is -0.308 e. The fraction of sp³-hybridized carbons (Fsp3) is 0.375. The summed E-state index contributed by atoms with van der Waals surface area (Å²) in [5, 5.41) is 0. The molecule has 3 N–H and O–H groups in total. The van der Waals surface area contributed by atoms with E-state index >= 15 is 0 Å². The van der Waals surface area contributed by atoms with E-state index in [1.165, 1.54) is 16.7 Å². The number of hydrogen-bond acceptors (Lipinski definition) is 4. The Kier molecular flexibility index (Phi) is 4.35. The molecule has 0 aliphatic heterocycles. The molecule has 2 rings (SSSR count). The van der Waals surface area contributed by atoms with Crippen molar-refractivity contribution in [2.75, 3.05) is 5.43 Å². The number of nitrogens with two attached hydrogens (primary N) is 1. The topological polar surface area (TPSA) is 63.8 Å². The summed E-state index contributed by atoms with van der Waals surface area (Å²) in [5.74, 6) is 7.07. The third kappa shape index (κ3) is 3.14. The van der Waals surface area contributed by atoms with E-state index < -0.39 is 0 Å². The second-order valence-corrected chi connectivity index (χ2v) is 5.23. The number of anilines is 1. The van der Waals surface area contributed by atoms with E-state index in [1.54, 1.807) is 0 Å². The highest BCUT2D eigenvalue weighted by Crippen LogP contribution is 2.18. The van der Waals surface area contributed by atoms with Crippen LogP contribution >= 0.6 is 0 Å². The van der Waals surface area contributed by atoms with Crippen molar-refractivity contribution in [2.24, 2.45) is 5.84 Å². The number of nitrogens with one attached hydrogen (secondary N) is 1. The lowest BCUT2D eigenvalue weighted by atomic mass is 10.0. The van der Waals surface area contributed by atoms with Crippen molar-refractivity contribution in [1.82, 2.24) is 9.97 Å². The standard InChI is InChI=1S/C16H22N4/c1-5-14-12(4)16(20-17)19-15(18-14)9-13-7-10(2)6-11(3)8-13/h6-8H,5,9,17H2,1-4H3,(H,18,19,20). The number of rotatable bonds is 4. The molecule has 4 heteroatoms. The molecule has 1 heterocycles. The smallest absolute Gasteiger partial charge is 0.146 e. The van der Waals surface area contributed by atoms with Gasteiger partial charge in [-0.1, -0.05) is 36.2 Å². The molecule has 1 aromatic heterocycles. The highest BCUT2D eigenvalue weighted by molar-refractivity contribution is 5.45. The number of nitrogen functional groups attached to an aromatic ring is 1. The van der Waals surface area contributed by atoms with Crippen LogP contribution in [0.4, 0.5) is 5.82 Å². The molecule has 0 fully saturated rings. The number of aryl methyl sites for hydroxylation is 3. The first-order valence-corrected chi connectivity index (χ1v) is 6.93. The molecule has 1 aromatic carbocycles. The van der Waals surface area contributed by atoms with Crippen molar-refractivity contribution in [3.05, 3.63) is 52.0 Å². The Morgan fingerprint density at radius 3 is 2.25 bits per heavy atom. The van der Waals surface area contributed by atoms with Crippen LogP contribution in [0.1, 0.15) is 40.7 Å². The maximum absolute atomic E-state index is 5.54. The monoisotopic (exact) mass is 270 g/mol. The first kappa shape index (κ1) is 14.5. The zero-order chi connectivity index (χ0) is 14.7. The predicted molar refractivity (Wildman–Crippen MR) is 82.7 cm³/mol. The van der Waals surface area contributed by atoms with E-state index in [9.17, 15) is 0 Å². The molecule has 0 aliphatic carbocycles. The van der Waals surface area contributed by atoms with Crippen molar-refractivity contribution in [3.63, 3.8) is 0 Å². The summed E-state index contributed by atoms with van der Waals surface area (Å²) in [4.78, 5) is 9.15. The van der Waals surface area contributed by atoms with E-state index in [-0.39, 0.29) is 0 Å². The van der Waals surface area contributed by atoms with Crippen LogP contribution in [-0.4, -0.2) is 9.97 Å². The Balaban J connectivity index is 2.38. The van der Waals surface area contributed by atoms with Gasteiger partial charge in [-0.05, 0) is 32.8 Å². The van der Waals surface area contributed by atoms with E-state index in [1.807, 2.05) is 6.92 Å². The number of hydrazine groups is 1. The number of aromatic nitrogens is 2. The molecule has 20 heavy (non-hydrogen) atoms. The molecule has 0 amide bonds. The Morgan fingerprint density at radius 2 is 1.70 bits per heavy atom. The molecule has 0 atom stereocenters. The molecule has 0 spiro atoms. The average molecular weight is 270 g/mol. The summed E-state index contributed by atoms with van der Waals surface area (Å²) in [6.07, 6.45) is 1.60. The molecule has 106 valence electrons. The van der Waals surface area contributed by atoms with Gasteiger partial charge >= 0.3 is 0 Å². The molecule has 0 bridgehead atoms. The lowest BCUT2D eigenvalue weighted by Crippen LogP contribution is -2.14. The van der Waals surface area contributed by atoms with Gasteiger partial charge < -0.3 is 5.43 Å². The summed E-state index contributed by atoms with van der Waals surface area (Å²) >= 11 is 0. The lowest BCUT2D eigenvalue weighted by molar-refractivity contribution is 0.887. The molecular formula is C16H22N4. The number of nitrogens with zero attached hydrogens (tertiary/aromatic N) is 2. The van der Waals surface area contributed by atoms with Crippen LogP contribution in [0.5, 0.6) is 0 Å². The molecule has 0 saturated carbocycles. The molecule has 0 radical (unpaired) electrons. The van der Waals surface area contributed by atoms with Gasteiger partial charge in [0, 0.05) is 17.7 Å². The zero-order valence-electron chi connectivity index (χ0n) is 12.6. The largest absolute Gasteiger partial charge is 0.308 e. The van der Waals surface area contributed by atoms with E-state index in [4.69, 9.17) is 5.84 Å². The van der Waals surface area contributed by atoms with Gasteiger partial charge in [0.15, 0.2) is 0 Å². The summed E-state index contributed by atoms with van der Waals surface area (Å²) in [6.45, 7) is 8.30. The maximum atomic E-state index is 5.54. The van der Waals surface area contributed by atoms with Gasteiger partial charge in [-0.3, -0.25) is 0 Å². The highest BCUT2D eigenvalue weighted by atomic mass is 15.3. The van der Waals surface area contributed by atoms with Crippen LogP contribution in [-0.2, 0) is 12.8 Å². The summed E-state index contributed by atoms with van der Waals surface area (Å²) < 4.78 is 0. The number of hydrogen-bond donors (Lipinski definition) is 2. The van der Waals surface area contributed by atoms with Gasteiger partial charge in [0.1, 0.15) is 11.6 Å². The second kappa shape index (κ2) is 6.01. The van der Waals surface area contributed by atoms with Crippen LogP contribution in [0.2, 0.25) is 0 Å². The van der Waals surface area contributed by atoms with Gasteiger partial charge in [-0.15, -0.1) is 0 Å². The van der Waals surface area contributed by atoms with Crippen molar-refractivity contribution in [2.45, 2.75) is 40.5 Å². The molecule has 4 nitrogen and oxygen atoms in total. The summed E-state index contributed by atoms with van der Waals surface area (Å²) in [7, 11) is 0. The fourth-order valence-corrected chi connectivity index (χ4v) is 2.53. The van der Waals surface area contributed by atoms with E-state index in [2.05, 4.69) is 54.4 Å². The predicted octanol–water partition coefficient (Wildman–Crippen LogP) is 2.84. The van der Waals surface area contributed by atoms with Gasteiger partial charge in [-0.25, -0.2) is 15.8 Å². The minimum absolute atomic E-state index is 0.719. The second-order valence-electron chi connectivity index (χ2n) is 5.23. The third-order valence-corrected chi connectivity index (χ3v) is 3.41. The molecule has 0 unspecified atom stereocenters. The van der Waals surface area contributed by atoms with Crippen molar-refractivity contribution in [3.8, 4) is 0 Å². The summed E-state index contributed by atoms with van der Waals surface area (Å²) in [5.41, 5.74) is 8.50. The van der Waals surface area contributed by atoms with Crippen molar-refractivity contribution < 1.29 is 0 Å². The number of benzene rings is 1. The highest BCUT2D eigenvalue weighted by Gasteiger charge is 2.09. The average Bonchev–Trinajstić information content (AvgIpc) is 2.39. The van der Waals surface area contributed by atoms with Crippen LogP contribution in [0.3, 0.4) is 0 Å². The Hall–Kier alpha value is -1.94. The molecular weight excluding hydrogens is 248 g/mol. The molecule has 0 aliphatic rings. The lowest BCUT2D eigenvalue weighted by Gasteiger charge is -2.11. The van der Waals surface area contributed by atoms with Gasteiger partial charge in [-0.2, -0.15) is 0 Å². The van der Waals surface area contributed by atoms with E-state index in [0.29, 0.717) is 0 Å². The minimum atomic E-state index is 0.719. The quantitative estimate of drug-likeness (QED) is 0.662. The third-order valence-electron chi connectivity index (χ3n) is 3.41. The Morgan fingerprint density at radius 1 is 1.05 bits per heavy atom.